The number of nitrogens with one attached hydrogen (secondary N) is 1. The predicted octanol–water partition coefficient (Wildman–Crippen LogP) is 0.125. The van der Waals surface area contributed by atoms with Gasteiger partial charge in [0, 0.05) is 24.9 Å². The van der Waals surface area contributed by atoms with Gasteiger partial charge in [-0.3, -0.25) is 9.59 Å². The van der Waals surface area contributed by atoms with Crippen LogP contribution in [0.15, 0.2) is 5.38 Å². The average molecular weight is 257 g/mol. The highest BCUT2D eigenvalue weighted by molar-refractivity contribution is 7.09. The van der Waals surface area contributed by atoms with E-state index >= 15 is 0 Å². The summed E-state index contributed by atoms with van der Waals surface area (Å²) in [6.45, 7) is 0.754. The van der Waals surface area contributed by atoms with Crippen molar-refractivity contribution in [2.75, 3.05) is 6.54 Å². The van der Waals surface area contributed by atoms with E-state index in [0.29, 0.717) is 25.2 Å². The molecule has 94 valence electrons. The Hall–Kier alpha value is -1.47. The molecule has 1 aromatic rings. The molecule has 4 N–H and O–H groups in total. The molecule has 0 radical (unpaired) electrons. The summed E-state index contributed by atoms with van der Waals surface area (Å²) in [4.78, 5) is 25.8. The molecule has 17 heavy (non-hydrogen) atoms. The van der Waals surface area contributed by atoms with Crippen LogP contribution in [-0.2, 0) is 22.6 Å². The highest BCUT2D eigenvalue weighted by Gasteiger charge is 2.06. The van der Waals surface area contributed by atoms with Crippen LogP contribution in [0.25, 0.3) is 0 Å². The van der Waals surface area contributed by atoms with Crippen molar-refractivity contribution in [2.45, 2.75) is 25.8 Å². The van der Waals surface area contributed by atoms with Gasteiger partial charge >= 0.3 is 5.97 Å². The van der Waals surface area contributed by atoms with Gasteiger partial charge in [-0.25, -0.2) is 4.98 Å². The molecule has 0 aliphatic carbocycles. The summed E-state index contributed by atoms with van der Waals surface area (Å²) < 4.78 is 0. The molecule has 6 nitrogen and oxygen atoms in total. The molecule has 0 aromatic carbocycles. The van der Waals surface area contributed by atoms with Gasteiger partial charge < -0.3 is 16.2 Å². The fourth-order valence-electron chi connectivity index (χ4n) is 1.22. The molecular weight excluding hydrogens is 242 g/mol. The van der Waals surface area contributed by atoms with Crippen LogP contribution in [0, 0.1) is 0 Å². The molecule has 0 fully saturated rings. The minimum absolute atomic E-state index is 0.0638. The molecule has 0 unspecified atom stereocenters. The van der Waals surface area contributed by atoms with Crippen LogP contribution >= 0.6 is 11.3 Å². The zero-order valence-corrected chi connectivity index (χ0v) is 10.1. The van der Waals surface area contributed by atoms with Crippen LogP contribution in [0.3, 0.4) is 0 Å². The number of nitrogens with zero attached hydrogens (tertiary/aromatic N) is 1. The minimum atomic E-state index is -0.855. The smallest absolute Gasteiger partial charge is 0.303 e. The Balaban J connectivity index is 2.22. The first-order valence-corrected chi connectivity index (χ1v) is 6.11. The maximum Gasteiger partial charge on any atom is 0.303 e. The van der Waals surface area contributed by atoms with Crippen LogP contribution in [0.2, 0.25) is 0 Å². The first-order valence-electron chi connectivity index (χ1n) is 5.23. The molecule has 0 saturated heterocycles. The van der Waals surface area contributed by atoms with Crippen molar-refractivity contribution in [3.63, 3.8) is 0 Å². The van der Waals surface area contributed by atoms with Crippen molar-refractivity contribution in [3.8, 4) is 0 Å². The van der Waals surface area contributed by atoms with E-state index in [2.05, 4.69) is 10.3 Å². The van der Waals surface area contributed by atoms with E-state index in [1.165, 1.54) is 11.3 Å². The number of carboxylic acids is 1. The molecule has 0 aliphatic rings. The minimum Gasteiger partial charge on any atom is -0.481 e. The largest absolute Gasteiger partial charge is 0.481 e. The molecule has 1 amide bonds. The number of nitrogens with two attached hydrogens (primary N) is 1. The Morgan fingerprint density at radius 3 is 2.88 bits per heavy atom. The number of rotatable bonds is 7. The van der Waals surface area contributed by atoms with E-state index in [1.807, 2.05) is 0 Å². The zero-order chi connectivity index (χ0) is 12.7. The fourth-order valence-corrected chi connectivity index (χ4v) is 1.89. The summed E-state index contributed by atoms with van der Waals surface area (Å²) >= 11 is 1.43. The third-order valence-electron chi connectivity index (χ3n) is 2.01. The fraction of sp³-hybridized carbons (Fsp3) is 0.500. The van der Waals surface area contributed by atoms with E-state index in [0.717, 1.165) is 5.01 Å². The number of amides is 1. The highest BCUT2D eigenvalue weighted by atomic mass is 32.1. The summed E-state index contributed by atoms with van der Waals surface area (Å²) in [5, 5.41) is 13.7. The summed E-state index contributed by atoms with van der Waals surface area (Å²) in [6.07, 6.45) is 0.712. The second kappa shape index (κ2) is 6.97. The lowest BCUT2D eigenvalue weighted by atomic mass is 10.3. The lowest BCUT2D eigenvalue weighted by molar-refractivity contribution is -0.137. The molecule has 1 heterocycles. The molecule has 0 spiro atoms. The van der Waals surface area contributed by atoms with Gasteiger partial charge in [-0.05, 0) is 6.42 Å². The van der Waals surface area contributed by atoms with Gasteiger partial charge in [0.05, 0.1) is 12.1 Å². The first-order chi connectivity index (χ1) is 8.11. The van der Waals surface area contributed by atoms with Crippen LogP contribution in [0.5, 0.6) is 0 Å². The standard InChI is InChI=1S/C10H15N3O3S/c11-5-9-13-7(6-17-9)4-8(14)12-3-1-2-10(15)16/h6H,1-5,11H2,(H,12,14)(H,15,16). The predicted molar refractivity (Wildman–Crippen MR) is 63.6 cm³/mol. The number of carboxylic acid groups (broad SMARTS) is 1. The number of thiazole rings is 1. The quantitative estimate of drug-likeness (QED) is 0.602. The second-order valence-corrected chi connectivity index (χ2v) is 4.40. The number of carbonyl (C=O) groups excluding carboxylic acids is 1. The van der Waals surface area contributed by atoms with Crippen molar-refractivity contribution in [1.82, 2.24) is 10.3 Å². The Morgan fingerprint density at radius 2 is 2.29 bits per heavy atom. The maximum atomic E-state index is 11.4. The maximum absolute atomic E-state index is 11.4. The number of hydrogen-bond donors (Lipinski definition) is 3. The third-order valence-corrected chi connectivity index (χ3v) is 2.93. The zero-order valence-electron chi connectivity index (χ0n) is 9.31. The Kier molecular flexibility index (Phi) is 5.58. The topological polar surface area (TPSA) is 105 Å². The number of hydrogen-bond acceptors (Lipinski definition) is 5. The molecule has 0 aliphatic heterocycles. The summed E-state index contributed by atoms with van der Waals surface area (Å²) in [6, 6.07) is 0. The van der Waals surface area contributed by atoms with Crippen molar-refractivity contribution in [3.05, 3.63) is 16.1 Å². The van der Waals surface area contributed by atoms with Gasteiger partial charge in [-0.1, -0.05) is 0 Å². The van der Waals surface area contributed by atoms with Gasteiger partial charge in [0.2, 0.25) is 5.91 Å². The molecule has 0 saturated carbocycles. The van der Waals surface area contributed by atoms with E-state index < -0.39 is 5.97 Å². The van der Waals surface area contributed by atoms with Crippen LogP contribution in [0.1, 0.15) is 23.5 Å². The van der Waals surface area contributed by atoms with Crippen LogP contribution in [-0.4, -0.2) is 28.5 Å². The van der Waals surface area contributed by atoms with E-state index in [1.54, 1.807) is 5.38 Å². The number of aromatic nitrogens is 1. The monoisotopic (exact) mass is 257 g/mol. The average Bonchev–Trinajstić information content (AvgIpc) is 2.72. The van der Waals surface area contributed by atoms with Gasteiger partial charge in [-0.2, -0.15) is 0 Å². The van der Waals surface area contributed by atoms with E-state index in [9.17, 15) is 9.59 Å². The second-order valence-electron chi connectivity index (χ2n) is 3.46. The molecular formula is C10H15N3O3S. The van der Waals surface area contributed by atoms with Gasteiger partial charge in [0.15, 0.2) is 0 Å². The van der Waals surface area contributed by atoms with Crippen LogP contribution < -0.4 is 11.1 Å². The summed E-state index contributed by atoms with van der Waals surface area (Å²) in [5.41, 5.74) is 6.11. The van der Waals surface area contributed by atoms with Crippen molar-refractivity contribution < 1.29 is 14.7 Å². The Labute approximate surface area is 103 Å². The van der Waals surface area contributed by atoms with Crippen molar-refractivity contribution in [1.29, 1.82) is 0 Å². The van der Waals surface area contributed by atoms with Gasteiger partial charge in [0.1, 0.15) is 5.01 Å². The van der Waals surface area contributed by atoms with Crippen molar-refractivity contribution in [2.24, 2.45) is 5.73 Å². The number of carbonyl (C=O) groups is 2. The van der Waals surface area contributed by atoms with Gasteiger partial charge in [0.25, 0.3) is 0 Å². The van der Waals surface area contributed by atoms with Crippen molar-refractivity contribution >= 4 is 23.2 Å². The van der Waals surface area contributed by atoms with Crippen LogP contribution in [0.4, 0.5) is 0 Å². The molecule has 0 bridgehead atoms. The molecule has 1 rings (SSSR count). The van der Waals surface area contributed by atoms with E-state index in [4.69, 9.17) is 10.8 Å². The Bertz CT molecular complexity index is 392. The summed E-state index contributed by atoms with van der Waals surface area (Å²) in [5.74, 6) is -1.00. The van der Waals surface area contributed by atoms with E-state index in [-0.39, 0.29) is 18.7 Å². The first kappa shape index (κ1) is 13.6. The molecule has 0 atom stereocenters. The molecule has 7 heteroatoms. The lowest BCUT2D eigenvalue weighted by Crippen LogP contribution is -2.26. The summed E-state index contributed by atoms with van der Waals surface area (Å²) in [7, 11) is 0. The normalized spacial score (nSPS) is 10.2. The highest BCUT2D eigenvalue weighted by Crippen LogP contribution is 2.09. The third kappa shape index (κ3) is 5.41. The van der Waals surface area contributed by atoms with Gasteiger partial charge in [-0.15, -0.1) is 11.3 Å². The lowest BCUT2D eigenvalue weighted by Gasteiger charge is -2.02. The SMILES string of the molecule is NCc1nc(CC(=O)NCCCC(=O)O)cs1. The molecule has 1 aromatic heterocycles. The number of aliphatic carboxylic acids is 1. The Morgan fingerprint density at radius 1 is 1.53 bits per heavy atom.